The fourth-order valence-electron chi connectivity index (χ4n) is 2.62. The molecule has 3 aromatic rings. The van der Waals surface area contributed by atoms with E-state index in [2.05, 4.69) is 10.4 Å². The van der Waals surface area contributed by atoms with Gasteiger partial charge in [-0.05, 0) is 36.8 Å². The highest BCUT2D eigenvalue weighted by atomic mass is 16.2. The lowest BCUT2D eigenvalue weighted by Gasteiger charge is -2.16. The summed E-state index contributed by atoms with van der Waals surface area (Å²) in [5, 5.41) is 7.19. The molecule has 0 fully saturated rings. The maximum atomic E-state index is 12.2. The van der Waals surface area contributed by atoms with E-state index >= 15 is 0 Å². The molecule has 0 radical (unpaired) electrons. The Balaban J connectivity index is 1.61. The van der Waals surface area contributed by atoms with Crippen LogP contribution in [0.15, 0.2) is 71.9 Å². The second-order valence-electron chi connectivity index (χ2n) is 5.82. The fraction of sp³-hybridized carbons (Fsp3) is 0.211. The highest BCUT2D eigenvalue weighted by Gasteiger charge is 2.11. The molecule has 0 bridgehead atoms. The van der Waals surface area contributed by atoms with Gasteiger partial charge in [0, 0.05) is 37.6 Å². The van der Waals surface area contributed by atoms with E-state index < -0.39 is 0 Å². The number of carbonyl (C=O) groups is 1. The second-order valence-corrected chi connectivity index (χ2v) is 5.82. The van der Waals surface area contributed by atoms with Gasteiger partial charge in [-0.15, -0.1) is 0 Å². The molecular weight excluding hydrogens is 316 g/mol. The van der Waals surface area contributed by atoms with Crippen molar-refractivity contribution in [3.8, 4) is 5.69 Å². The Morgan fingerprint density at radius 2 is 2.04 bits per heavy atom. The summed E-state index contributed by atoms with van der Waals surface area (Å²) in [4.78, 5) is 23.8. The predicted octanol–water partition coefficient (Wildman–Crippen LogP) is 2.30. The molecular formula is C19H20N4O2. The van der Waals surface area contributed by atoms with Crippen LogP contribution in [0.5, 0.6) is 0 Å². The molecule has 1 aromatic carbocycles. The first kappa shape index (κ1) is 16.7. The number of pyridine rings is 1. The summed E-state index contributed by atoms with van der Waals surface area (Å²) in [5.74, 6) is -0.0901. The van der Waals surface area contributed by atoms with Gasteiger partial charge < -0.3 is 9.88 Å². The standard InChI is InChI=1S/C19H20N4O2/c1-15(16-6-4-7-17(14-16)23-12-5-10-20-23)21-18(24)9-13-22-11-3-2-8-19(22)25/h2-8,10-12,14-15H,9,13H2,1H3,(H,21,24)/t15-/m1/s1. The van der Waals surface area contributed by atoms with Gasteiger partial charge in [0.15, 0.2) is 0 Å². The molecule has 0 unspecified atom stereocenters. The van der Waals surface area contributed by atoms with Crippen molar-refractivity contribution in [1.82, 2.24) is 19.7 Å². The number of aryl methyl sites for hydroxylation is 1. The van der Waals surface area contributed by atoms with Crippen molar-refractivity contribution in [3.63, 3.8) is 0 Å². The smallest absolute Gasteiger partial charge is 0.250 e. The molecule has 6 heteroatoms. The quantitative estimate of drug-likeness (QED) is 0.751. The molecule has 0 aliphatic heterocycles. The number of carbonyl (C=O) groups excluding carboxylic acids is 1. The molecule has 3 rings (SSSR count). The van der Waals surface area contributed by atoms with E-state index in [1.807, 2.05) is 43.5 Å². The number of amides is 1. The Morgan fingerprint density at radius 1 is 1.16 bits per heavy atom. The van der Waals surface area contributed by atoms with Gasteiger partial charge in [-0.2, -0.15) is 5.10 Å². The zero-order valence-corrected chi connectivity index (χ0v) is 14.0. The fourth-order valence-corrected chi connectivity index (χ4v) is 2.62. The first-order chi connectivity index (χ1) is 12.1. The minimum Gasteiger partial charge on any atom is -0.350 e. The van der Waals surface area contributed by atoms with Crippen molar-refractivity contribution < 1.29 is 4.79 Å². The van der Waals surface area contributed by atoms with Gasteiger partial charge in [0.1, 0.15) is 0 Å². The van der Waals surface area contributed by atoms with Crippen LogP contribution in [0, 0.1) is 0 Å². The number of rotatable bonds is 6. The molecule has 0 aliphatic rings. The molecule has 0 aliphatic carbocycles. The molecule has 1 amide bonds. The summed E-state index contributed by atoms with van der Waals surface area (Å²) >= 11 is 0. The summed E-state index contributed by atoms with van der Waals surface area (Å²) < 4.78 is 3.31. The van der Waals surface area contributed by atoms with Crippen molar-refractivity contribution in [2.45, 2.75) is 25.9 Å². The molecule has 25 heavy (non-hydrogen) atoms. The van der Waals surface area contributed by atoms with Gasteiger partial charge in [0.25, 0.3) is 5.56 Å². The average molecular weight is 336 g/mol. The molecule has 0 saturated carbocycles. The Hall–Kier alpha value is -3.15. The van der Waals surface area contributed by atoms with E-state index in [0.29, 0.717) is 6.54 Å². The summed E-state index contributed by atoms with van der Waals surface area (Å²) in [7, 11) is 0. The van der Waals surface area contributed by atoms with Crippen LogP contribution in [0.25, 0.3) is 5.69 Å². The van der Waals surface area contributed by atoms with Gasteiger partial charge >= 0.3 is 0 Å². The third-order valence-electron chi connectivity index (χ3n) is 4.00. The van der Waals surface area contributed by atoms with E-state index in [4.69, 9.17) is 0 Å². The first-order valence-electron chi connectivity index (χ1n) is 8.18. The zero-order valence-electron chi connectivity index (χ0n) is 14.0. The van der Waals surface area contributed by atoms with E-state index in [1.54, 1.807) is 29.2 Å². The van der Waals surface area contributed by atoms with Crippen LogP contribution in [0.3, 0.4) is 0 Å². The average Bonchev–Trinajstić information content (AvgIpc) is 3.16. The molecule has 0 saturated heterocycles. The highest BCUT2D eigenvalue weighted by Crippen LogP contribution is 2.16. The van der Waals surface area contributed by atoms with Gasteiger partial charge in [-0.25, -0.2) is 4.68 Å². The van der Waals surface area contributed by atoms with E-state index in [-0.39, 0.29) is 23.9 Å². The van der Waals surface area contributed by atoms with Crippen LogP contribution in [0.1, 0.15) is 24.9 Å². The van der Waals surface area contributed by atoms with E-state index in [1.165, 1.54) is 10.6 Å². The van der Waals surface area contributed by atoms with Crippen molar-refractivity contribution in [3.05, 3.63) is 83.0 Å². The van der Waals surface area contributed by atoms with Crippen LogP contribution in [-0.4, -0.2) is 20.3 Å². The number of hydrogen-bond acceptors (Lipinski definition) is 3. The minimum absolute atomic E-state index is 0.0901. The largest absolute Gasteiger partial charge is 0.350 e. The van der Waals surface area contributed by atoms with Crippen molar-refractivity contribution in [2.24, 2.45) is 0 Å². The Morgan fingerprint density at radius 3 is 2.80 bits per heavy atom. The summed E-state index contributed by atoms with van der Waals surface area (Å²) in [6.07, 6.45) is 5.54. The van der Waals surface area contributed by atoms with Crippen LogP contribution >= 0.6 is 0 Å². The number of benzene rings is 1. The Kier molecular flexibility index (Phi) is 5.09. The first-order valence-corrected chi connectivity index (χ1v) is 8.18. The molecule has 128 valence electrons. The normalized spacial score (nSPS) is 11.9. The van der Waals surface area contributed by atoms with Crippen LogP contribution in [0.2, 0.25) is 0 Å². The maximum absolute atomic E-state index is 12.2. The summed E-state index contributed by atoms with van der Waals surface area (Å²) in [6.45, 7) is 2.31. The van der Waals surface area contributed by atoms with Gasteiger partial charge in [-0.1, -0.05) is 18.2 Å². The van der Waals surface area contributed by atoms with Crippen molar-refractivity contribution in [1.29, 1.82) is 0 Å². The third kappa shape index (κ3) is 4.23. The minimum atomic E-state index is -0.129. The number of nitrogens with zero attached hydrogens (tertiary/aromatic N) is 3. The SMILES string of the molecule is C[C@@H](NC(=O)CCn1ccccc1=O)c1cccc(-n2cccn2)c1. The number of hydrogen-bond donors (Lipinski definition) is 1. The molecule has 0 spiro atoms. The monoisotopic (exact) mass is 336 g/mol. The molecule has 6 nitrogen and oxygen atoms in total. The number of nitrogens with one attached hydrogen (secondary N) is 1. The molecule has 2 aromatic heterocycles. The van der Waals surface area contributed by atoms with Crippen LogP contribution in [0.4, 0.5) is 0 Å². The van der Waals surface area contributed by atoms with Crippen molar-refractivity contribution >= 4 is 5.91 Å². The zero-order chi connectivity index (χ0) is 17.6. The highest BCUT2D eigenvalue weighted by molar-refractivity contribution is 5.76. The predicted molar refractivity (Wildman–Crippen MR) is 95.4 cm³/mol. The molecule has 1 atom stereocenters. The molecule has 2 heterocycles. The van der Waals surface area contributed by atoms with Crippen LogP contribution < -0.4 is 10.9 Å². The van der Waals surface area contributed by atoms with Crippen molar-refractivity contribution in [2.75, 3.05) is 0 Å². The third-order valence-corrected chi connectivity index (χ3v) is 4.00. The Bertz CT molecular complexity index is 900. The van der Waals surface area contributed by atoms with Crippen LogP contribution in [-0.2, 0) is 11.3 Å². The van der Waals surface area contributed by atoms with E-state index in [0.717, 1.165) is 11.3 Å². The lowest BCUT2D eigenvalue weighted by molar-refractivity contribution is -0.121. The topological polar surface area (TPSA) is 68.9 Å². The van der Waals surface area contributed by atoms with Gasteiger partial charge in [0.2, 0.25) is 5.91 Å². The lowest BCUT2D eigenvalue weighted by atomic mass is 10.1. The second kappa shape index (κ2) is 7.61. The number of aromatic nitrogens is 3. The van der Waals surface area contributed by atoms with E-state index in [9.17, 15) is 9.59 Å². The maximum Gasteiger partial charge on any atom is 0.250 e. The van der Waals surface area contributed by atoms with Gasteiger partial charge in [0.05, 0.1) is 11.7 Å². The van der Waals surface area contributed by atoms with Gasteiger partial charge in [-0.3, -0.25) is 9.59 Å². The molecule has 1 N–H and O–H groups in total. The summed E-state index contributed by atoms with van der Waals surface area (Å²) in [6, 6.07) is 14.6. The Labute approximate surface area is 145 Å². The lowest BCUT2D eigenvalue weighted by Crippen LogP contribution is -2.29. The summed E-state index contributed by atoms with van der Waals surface area (Å²) in [5.41, 5.74) is 1.84.